The Balaban J connectivity index is 2.92. The van der Waals surface area contributed by atoms with Crippen molar-refractivity contribution < 1.29 is 0 Å². The summed E-state index contributed by atoms with van der Waals surface area (Å²) in [6.45, 7) is 16.1. The third-order valence-electron chi connectivity index (χ3n) is 3.32. The van der Waals surface area contributed by atoms with Crippen LogP contribution in [0.3, 0.4) is 0 Å². The van der Waals surface area contributed by atoms with Gasteiger partial charge in [0.25, 0.3) is 11.4 Å². The van der Waals surface area contributed by atoms with E-state index < -0.39 is 0 Å². The molecule has 0 atom stereocenters. The minimum Gasteiger partial charge on any atom is -0.226 e. The Bertz CT molecular complexity index is 713. The lowest BCUT2D eigenvalue weighted by Crippen LogP contribution is -1.95. The summed E-state index contributed by atoms with van der Waals surface area (Å²) in [6.07, 6.45) is 0. The Hall–Kier alpha value is -3.34. The highest BCUT2D eigenvalue weighted by Gasteiger charge is 2.32. The van der Waals surface area contributed by atoms with Gasteiger partial charge in [-0.25, -0.2) is 20.2 Å². The van der Waals surface area contributed by atoms with Crippen LogP contribution in [-0.2, 0) is 0 Å². The summed E-state index contributed by atoms with van der Waals surface area (Å²) in [7, 11) is 0. The second-order valence-corrected chi connectivity index (χ2v) is 4.24. The van der Waals surface area contributed by atoms with Gasteiger partial charge in [0.15, 0.2) is 0 Å². The predicted octanol–water partition coefficient (Wildman–Crippen LogP) is 3.64. The molecule has 2 rings (SSSR count). The molecule has 1 aromatic carbocycles. The molecule has 1 aliphatic carbocycles. The Kier molecular flexibility index (Phi) is 3.35. The van der Waals surface area contributed by atoms with Gasteiger partial charge in [0.2, 0.25) is 0 Å². The van der Waals surface area contributed by atoms with Gasteiger partial charge < -0.3 is 0 Å². The Morgan fingerprint density at radius 3 is 1.70 bits per heavy atom. The normalized spacial score (nSPS) is 20.8. The van der Waals surface area contributed by atoms with E-state index in [1.54, 1.807) is 0 Å². The molecule has 0 saturated carbocycles. The molecule has 0 saturated heterocycles. The van der Waals surface area contributed by atoms with Crippen molar-refractivity contribution >= 4 is 11.1 Å². The maximum atomic E-state index is 9.11. The van der Waals surface area contributed by atoms with Crippen molar-refractivity contribution in [2.75, 3.05) is 0 Å². The maximum absolute atomic E-state index is 9.11. The SMILES string of the molecule is [C-]#[N+]/C(C#N)=C1\c2ccccc2/C(=C(/C#N)[N+]#[C-])C1C. The van der Waals surface area contributed by atoms with Gasteiger partial charge in [0, 0.05) is 0 Å². The number of fused-ring (bicyclic) bond motifs is 1. The van der Waals surface area contributed by atoms with Crippen LogP contribution in [0, 0.1) is 41.7 Å². The quantitative estimate of drug-likeness (QED) is 0.525. The number of nitriles is 2. The van der Waals surface area contributed by atoms with Crippen molar-refractivity contribution in [2.45, 2.75) is 6.92 Å². The molecule has 1 aromatic rings. The number of nitrogens with zero attached hydrogens (tertiary/aromatic N) is 4. The fourth-order valence-electron chi connectivity index (χ4n) is 2.52. The maximum Gasteiger partial charge on any atom is 0.266 e. The summed E-state index contributed by atoms with van der Waals surface area (Å²) >= 11 is 0. The number of hydrogen-bond acceptors (Lipinski definition) is 2. The van der Waals surface area contributed by atoms with Crippen LogP contribution >= 0.6 is 0 Å². The van der Waals surface area contributed by atoms with E-state index in [0.717, 1.165) is 11.1 Å². The summed E-state index contributed by atoms with van der Waals surface area (Å²) in [5, 5.41) is 18.2. The molecule has 0 spiro atoms. The molecule has 0 aliphatic heterocycles. The van der Waals surface area contributed by atoms with Gasteiger partial charge in [0.05, 0.1) is 25.3 Å². The zero-order valence-corrected chi connectivity index (χ0v) is 10.7. The van der Waals surface area contributed by atoms with Crippen LogP contribution < -0.4 is 0 Å². The molecule has 0 N–H and O–H groups in total. The molecule has 4 heteroatoms. The second kappa shape index (κ2) is 5.11. The van der Waals surface area contributed by atoms with Gasteiger partial charge in [-0.15, -0.1) is 0 Å². The molecule has 0 bridgehead atoms. The number of benzene rings is 1. The first-order valence-corrected chi connectivity index (χ1v) is 5.82. The van der Waals surface area contributed by atoms with Crippen LogP contribution in [0.2, 0.25) is 0 Å². The van der Waals surface area contributed by atoms with Gasteiger partial charge in [-0.1, -0.05) is 31.2 Å². The molecular formula is C16H8N4. The summed E-state index contributed by atoms with van der Waals surface area (Å²) in [6, 6.07) is 11.1. The van der Waals surface area contributed by atoms with Crippen molar-refractivity contribution in [1.29, 1.82) is 10.5 Å². The smallest absolute Gasteiger partial charge is 0.226 e. The van der Waals surface area contributed by atoms with E-state index >= 15 is 0 Å². The van der Waals surface area contributed by atoms with Crippen LogP contribution in [0.4, 0.5) is 0 Å². The summed E-state index contributed by atoms with van der Waals surface area (Å²) in [5.74, 6) is -0.306. The average Bonchev–Trinajstić information content (AvgIpc) is 2.76. The highest BCUT2D eigenvalue weighted by molar-refractivity contribution is 5.98. The summed E-state index contributed by atoms with van der Waals surface area (Å²) in [4.78, 5) is 6.54. The topological polar surface area (TPSA) is 56.3 Å². The highest BCUT2D eigenvalue weighted by Crippen LogP contribution is 2.48. The van der Waals surface area contributed by atoms with Crippen molar-refractivity contribution in [2.24, 2.45) is 5.92 Å². The molecule has 20 heavy (non-hydrogen) atoms. The molecule has 0 heterocycles. The summed E-state index contributed by atoms with van der Waals surface area (Å²) < 4.78 is 0. The number of hydrogen-bond donors (Lipinski definition) is 0. The standard InChI is InChI=1S/C16H8N4/c1-10-15(13(8-17)19-2)11-6-4-5-7-12(11)16(10)14(9-18)20-3/h4-7,10H,1H3/b15-13-,16-14-. The zero-order valence-electron chi connectivity index (χ0n) is 10.7. The lowest BCUT2D eigenvalue weighted by Gasteiger charge is -2.08. The first-order valence-electron chi connectivity index (χ1n) is 5.82. The van der Waals surface area contributed by atoms with E-state index in [2.05, 4.69) is 9.69 Å². The number of rotatable bonds is 0. The molecule has 0 unspecified atom stereocenters. The third-order valence-corrected chi connectivity index (χ3v) is 3.32. The highest BCUT2D eigenvalue weighted by atomic mass is 14.7. The lowest BCUT2D eigenvalue weighted by atomic mass is 9.95. The van der Waals surface area contributed by atoms with Crippen LogP contribution in [0.25, 0.3) is 20.8 Å². The average molecular weight is 256 g/mol. The molecule has 4 nitrogen and oxygen atoms in total. The van der Waals surface area contributed by atoms with Crippen LogP contribution in [-0.4, -0.2) is 0 Å². The first kappa shape index (κ1) is 13.1. The summed E-state index contributed by atoms with van der Waals surface area (Å²) in [5.41, 5.74) is 2.76. The minimum atomic E-state index is -0.306. The van der Waals surface area contributed by atoms with E-state index in [4.69, 9.17) is 23.7 Å². The van der Waals surface area contributed by atoms with Crippen LogP contribution in [0.15, 0.2) is 35.7 Å². The van der Waals surface area contributed by atoms with Gasteiger partial charge in [0.1, 0.15) is 0 Å². The third kappa shape index (κ3) is 1.74. The first-order chi connectivity index (χ1) is 9.69. The van der Waals surface area contributed by atoms with Gasteiger partial charge in [-0.2, -0.15) is 0 Å². The second-order valence-electron chi connectivity index (χ2n) is 4.24. The van der Waals surface area contributed by atoms with Crippen LogP contribution in [0.5, 0.6) is 0 Å². The van der Waals surface area contributed by atoms with Gasteiger partial charge >= 0.3 is 0 Å². The number of allylic oxidation sites excluding steroid dienone is 4. The van der Waals surface area contributed by atoms with E-state index in [9.17, 15) is 0 Å². The minimum absolute atomic E-state index is 0.0159. The fraction of sp³-hybridized carbons (Fsp3) is 0.125. The molecule has 0 radical (unpaired) electrons. The van der Waals surface area contributed by atoms with Crippen molar-refractivity contribution in [1.82, 2.24) is 0 Å². The van der Waals surface area contributed by atoms with E-state index in [1.165, 1.54) is 0 Å². The molecular weight excluding hydrogens is 248 g/mol. The predicted molar refractivity (Wildman–Crippen MR) is 73.9 cm³/mol. The monoisotopic (exact) mass is 256 g/mol. The van der Waals surface area contributed by atoms with Crippen molar-refractivity contribution in [3.63, 3.8) is 0 Å². The Morgan fingerprint density at radius 2 is 1.40 bits per heavy atom. The molecule has 1 aliphatic rings. The zero-order chi connectivity index (χ0) is 14.7. The van der Waals surface area contributed by atoms with Gasteiger partial charge in [-0.3, -0.25) is 0 Å². The fourth-order valence-corrected chi connectivity index (χ4v) is 2.52. The van der Waals surface area contributed by atoms with E-state index in [1.807, 2.05) is 43.3 Å². The van der Waals surface area contributed by atoms with E-state index in [0.29, 0.717) is 11.1 Å². The van der Waals surface area contributed by atoms with Crippen LogP contribution in [0.1, 0.15) is 18.1 Å². The Labute approximate surface area is 117 Å². The van der Waals surface area contributed by atoms with E-state index in [-0.39, 0.29) is 17.3 Å². The largest absolute Gasteiger partial charge is 0.266 e. The van der Waals surface area contributed by atoms with Crippen molar-refractivity contribution in [3.8, 4) is 12.1 Å². The molecule has 92 valence electrons. The van der Waals surface area contributed by atoms with Crippen molar-refractivity contribution in [3.05, 3.63) is 69.6 Å². The molecule has 0 amide bonds. The lowest BCUT2D eigenvalue weighted by molar-refractivity contribution is 1.01. The molecule has 0 aromatic heterocycles. The van der Waals surface area contributed by atoms with Gasteiger partial charge in [-0.05, 0) is 28.2 Å². The Morgan fingerprint density at radius 1 is 1.00 bits per heavy atom. The molecule has 0 fully saturated rings.